The Bertz CT molecular complexity index is 1040. The third kappa shape index (κ3) is 4.62. The minimum absolute atomic E-state index is 0.0108. The van der Waals surface area contributed by atoms with Crippen LogP contribution in [-0.4, -0.2) is 55.2 Å². The molecule has 0 bridgehead atoms. The molecule has 1 unspecified atom stereocenters. The molecule has 2 aromatic carbocycles. The number of ketones is 1. The molecule has 0 spiro atoms. The van der Waals surface area contributed by atoms with Crippen molar-refractivity contribution >= 4 is 17.4 Å². The van der Waals surface area contributed by atoms with Gasteiger partial charge in [-0.3, -0.25) is 9.59 Å². The summed E-state index contributed by atoms with van der Waals surface area (Å²) in [5.41, 5.74) is 1.90. The normalized spacial score (nSPS) is 17.8. The van der Waals surface area contributed by atoms with E-state index in [-0.39, 0.29) is 30.6 Å². The van der Waals surface area contributed by atoms with Crippen LogP contribution in [0.25, 0.3) is 5.76 Å². The van der Waals surface area contributed by atoms with Gasteiger partial charge in [0.25, 0.3) is 11.7 Å². The van der Waals surface area contributed by atoms with Crippen molar-refractivity contribution in [1.82, 2.24) is 4.90 Å². The first-order valence-electron chi connectivity index (χ1n) is 10.5. The highest BCUT2D eigenvalue weighted by atomic mass is 16.5. The number of likely N-dealkylation sites (tertiary alicyclic amines) is 1. The summed E-state index contributed by atoms with van der Waals surface area (Å²) in [6.45, 7) is 6.14. The fourth-order valence-corrected chi connectivity index (χ4v) is 3.81. The van der Waals surface area contributed by atoms with E-state index in [4.69, 9.17) is 14.2 Å². The molecule has 1 aliphatic heterocycles. The fourth-order valence-electron chi connectivity index (χ4n) is 3.81. The zero-order valence-electron chi connectivity index (χ0n) is 19.0. The molecule has 170 valence electrons. The summed E-state index contributed by atoms with van der Waals surface area (Å²) in [6, 6.07) is 11.6. The largest absolute Gasteiger partial charge is 0.507 e. The summed E-state index contributed by atoms with van der Waals surface area (Å²) >= 11 is 0. The number of benzene rings is 2. The Morgan fingerprint density at radius 2 is 1.84 bits per heavy atom. The van der Waals surface area contributed by atoms with Crippen molar-refractivity contribution in [2.24, 2.45) is 0 Å². The topological polar surface area (TPSA) is 85.3 Å². The Hall–Kier alpha value is -3.32. The average molecular weight is 440 g/mol. The highest BCUT2D eigenvalue weighted by Crippen LogP contribution is 2.41. The molecule has 0 aromatic heterocycles. The van der Waals surface area contributed by atoms with Gasteiger partial charge in [-0.05, 0) is 50.6 Å². The highest BCUT2D eigenvalue weighted by Gasteiger charge is 2.46. The molecule has 1 atom stereocenters. The first kappa shape index (κ1) is 23.3. The predicted octanol–water partition coefficient (Wildman–Crippen LogP) is 3.86. The smallest absolute Gasteiger partial charge is 0.295 e. The molecular weight excluding hydrogens is 410 g/mol. The van der Waals surface area contributed by atoms with Crippen LogP contribution in [0.4, 0.5) is 0 Å². The van der Waals surface area contributed by atoms with Crippen molar-refractivity contribution < 1.29 is 28.9 Å². The molecule has 0 saturated carbocycles. The minimum atomic E-state index is -0.786. The molecular formula is C25H29NO6. The second kappa shape index (κ2) is 9.87. The molecule has 1 amide bonds. The molecule has 3 rings (SSSR count). The van der Waals surface area contributed by atoms with Crippen molar-refractivity contribution in [3.8, 4) is 11.5 Å². The zero-order valence-corrected chi connectivity index (χ0v) is 19.0. The lowest BCUT2D eigenvalue weighted by Gasteiger charge is -2.26. The molecule has 7 heteroatoms. The summed E-state index contributed by atoms with van der Waals surface area (Å²) in [6.07, 6.45) is -0.0151. The van der Waals surface area contributed by atoms with Crippen molar-refractivity contribution in [3.05, 3.63) is 64.7 Å². The number of rotatable bonds is 8. The number of nitrogens with zero attached hydrogens (tertiary/aromatic N) is 1. The maximum atomic E-state index is 13.1. The first-order chi connectivity index (χ1) is 15.3. The lowest BCUT2D eigenvalue weighted by molar-refractivity contribution is -0.140. The number of carbonyl (C=O) groups is 2. The molecule has 1 heterocycles. The van der Waals surface area contributed by atoms with Crippen molar-refractivity contribution in [2.75, 3.05) is 27.4 Å². The monoisotopic (exact) mass is 439 g/mol. The third-order valence-corrected chi connectivity index (χ3v) is 5.34. The van der Waals surface area contributed by atoms with Crippen LogP contribution < -0.4 is 9.47 Å². The quantitative estimate of drug-likeness (QED) is 0.382. The number of carbonyl (C=O) groups excluding carboxylic acids is 2. The average Bonchev–Trinajstić information content (AvgIpc) is 3.03. The van der Waals surface area contributed by atoms with E-state index in [1.165, 1.54) is 12.0 Å². The molecule has 0 aliphatic carbocycles. The van der Waals surface area contributed by atoms with Crippen molar-refractivity contribution in [3.63, 3.8) is 0 Å². The van der Waals surface area contributed by atoms with E-state index in [0.717, 1.165) is 5.56 Å². The number of ether oxygens (including phenoxy) is 3. The number of methoxy groups -OCH3 is 2. The van der Waals surface area contributed by atoms with E-state index in [1.807, 2.05) is 26.8 Å². The first-order valence-corrected chi connectivity index (χ1v) is 10.5. The SMILES string of the molecule is COc1cccc(C2/C(=C(\O)c3cc(C)ccc3OC)C(=O)C(=O)N2CCOC(C)C)c1. The van der Waals surface area contributed by atoms with E-state index in [9.17, 15) is 14.7 Å². The van der Waals surface area contributed by atoms with E-state index in [2.05, 4.69) is 0 Å². The fraction of sp³-hybridized carbons (Fsp3) is 0.360. The van der Waals surface area contributed by atoms with Gasteiger partial charge in [-0.2, -0.15) is 0 Å². The van der Waals surface area contributed by atoms with Gasteiger partial charge in [0, 0.05) is 6.54 Å². The van der Waals surface area contributed by atoms with Crippen LogP contribution in [0.1, 0.15) is 36.6 Å². The summed E-state index contributed by atoms with van der Waals surface area (Å²) in [5.74, 6) is -0.711. The van der Waals surface area contributed by atoms with Gasteiger partial charge >= 0.3 is 0 Å². The van der Waals surface area contributed by atoms with Crippen LogP contribution in [0.15, 0.2) is 48.0 Å². The maximum absolute atomic E-state index is 13.1. The minimum Gasteiger partial charge on any atom is -0.507 e. The molecule has 1 N–H and O–H groups in total. The number of hydrogen-bond acceptors (Lipinski definition) is 6. The zero-order chi connectivity index (χ0) is 23.4. The van der Waals surface area contributed by atoms with E-state index in [1.54, 1.807) is 43.5 Å². The number of aliphatic hydroxyl groups is 1. The van der Waals surface area contributed by atoms with Crippen LogP contribution in [0.5, 0.6) is 11.5 Å². The van der Waals surface area contributed by atoms with Gasteiger partial charge in [0.15, 0.2) is 0 Å². The number of hydrogen-bond donors (Lipinski definition) is 1. The van der Waals surface area contributed by atoms with Crippen LogP contribution in [-0.2, 0) is 14.3 Å². The maximum Gasteiger partial charge on any atom is 0.295 e. The highest BCUT2D eigenvalue weighted by molar-refractivity contribution is 6.46. The van der Waals surface area contributed by atoms with Gasteiger partial charge in [0.2, 0.25) is 0 Å². The molecule has 1 aliphatic rings. The van der Waals surface area contributed by atoms with Crippen molar-refractivity contribution in [2.45, 2.75) is 32.9 Å². The summed E-state index contributed by atoms with van der Waals surface area (Å²) in [7, 11) is 3.03. The summed E-state index contributed by atoms with van der Waals surface area (Å²) in [5, 5.41) is 11.3. The van der Waals surface area contributed by atoms with Crippen LogP contribution >= 0.6 is 0 Å². The Morgan fingerprint density at radius 1 is 1.09 bits per heavy atom. The Balaban J connectivity index is 2.17. The van der Waals surface area contributed by atoms with Gasteiger partial charge in [-0.15, -0.1) is 0 Å². The van der Waals surface area contributed by atoms with E-state index in [0.29, 0.717) is 22.6 Å². The number of aryl methyl sites for hydroxylation is 1. The third-order valence-electron chi connectivity index (χ3n) is 5.34. The van der Waals surface area contributed by atoms with Crippen LogP contribution in [0.2, 0.25) is 0 Å². The molecule has 1 fully saturated rings. The molecule has 32 heavy (non-hydrogen) atoms. The van der Waals surface area contributed by atoms with Gasteiger partial charge in [0.1, 0.15) is 17.3 Å². The van der Waals surface area contributed by atoms with Gasteiger partial charge in [-0.25, -0.2) is 0 Å². The summed E-state index contributed by atoms with van der Waals surface area (Å²) < 4.78 is 16.4. The molecule has 2 aromatic rings. The molecule has 1 saturated heterocycles. The van der Waals surface area contributed by atoms with Gasteiger partial charge in [0.05, 0.1) is 44.1 Å². The Morgan fingerprint density at radius 3 is 2.50 bits per heavy atom. The second-order valence-corrected chi connectivity index (χ2v) is 7.89. The van der Waals surface area contributed by atoms with E-state index >= 15 is 0 Å². The van der Waals surface area contributed by atoms with Crippen molar-refractivity contribution in [1.29, 1.82) is 0 Å². The Kier molecular flexibility index (Phi) is 7.20. The van der Waals surface area contributed by atoms with Crippen LogP contribution in [0.3, 0.4) is 0 Å². The van der Waals surface area contributed by atoms with Gasteiger partial charge in [-0.1, -0.05) is 23.8 Å². The number of amides is 1. The lowest BCUT2D eigenvalue weighted by Crippen LogP contribution is -2.33. The molecule has 0 radical (unpaired) electrons. The number of Topliss-reactive ketones (excluding diaryl/α,β-unsaturated/α-hetero) is 1. The number of aliphatic hydroxyl groups excluding tert-OH is 1. The Labute approximate surface area is 188 Å². The lowest BCUT2D eigenvalue weighted by atomic mass is 9.94. The standard InChI is InChI=1S/C25H29NO6/c1-15(2)32-12-11-26-22(17-7-6-8-18(14-17)30-4)21(24(28)25(26)29)23(27)19-13-16(3)9-10-20(19)31-5/h6-10,13-15,22,27H,11-12H2,1-5H3/b23-21+. The molecule has 7 nitrogen and oxygen atoms in total. The predicted molar refractivity (Wildman–Crippen MR) is 121 cm³/mol. The summed E-state index contributed by atoms with van der Waals surface area (Å²) in [4.78, 5) is 27.6. The van der Waals surface area contributed by atoms with Gasteiger partial charge < -0.3 is 24.2 Å². The van der Waals surface area contributed by atoms with Crippen LogP contribution in [0, 0.1) is 6.92 Å². The van der Waals surface area contributed by atoms with E-state index < -0.39 is 17.7 Å². The second-order valence-electron chi connectivity index (χ2n) is 7.89.